The zero-order chi connectivity index (χ0) is 14.4. The van der Waals surface area contributed by atoms with Gasteiger partial charge in [0.25, 0.3) is 5.91 Å². The summed E-state index contributed by atoms with van der Waals surface area (Å²) in [5, 5.41) is 11.6. The number of nitrogens with one attached hydrogen (secondary N) is 1. The topological polar surface area (TPSA) is 79.5 Å². The summed E-state index contributed by atoms with van der Waals surface area (Å²) in [7, 11) is 0. The zero-order valence-corrected chi connectivity index (χ0v) is 12.1. The first-order valence-corrected chi connectivity index (χ1v) is 7.43. The lowest BCUT2D eigenvalue weighted by Crippen LogP contribution is -2.35. The summed E-state index contributed by atoms with van der Waals surface area (Å²) >= 11 is 1.60. The van der Waals surface area contributed by atoms with E-state index in [1.54, 1.807) is 23.9 Å². The van der Waals surface area contributed by atoms with Gasteiger partial charge >= 0.3 is 5.97 Å². The molecule has 1 amide bonds. The van der Waals surface area contributed by atoms with Crippen molar-refractivity contribution in [1.82, 2.24) is 5.32 Å². The smallest absolute Gasteiger partial charge is 0.308 e. The molecule has 0 bridgehead atoms. The number of aliphatic carboxylic acids is 1. The Morgan fingerprint density at radius 1 is 1.42 bits per heavy atom. The summed E-state index contributed by atoms with van der Waals surface area (Å²) < 4.78 is 5.36. The fourth-order valence-electron chi connectivity index (χ4n) is 1.62. The zero-order valence-electron chi connectivity index (χ0n) is 11.3. The van der Waals surface area contributed by atoms with E-state index < -0.39 is 11.9 Å². The Labute approximate surface area is 116 Å². The van der Waals surface area contributed by atoms with E-state index in [1.165, 1.54) is 0 Å². The highest BCUT2D eigenvalue weighted by Gasteiger charge is 2.22. The SMILES string of the molecule is CSCc1ccc(C(=O)NCC(C(=O)O)C(C)C)o1. The van der Waals surface area contributed by atoms with Gasteiger partial charge in [-0.1, -0.05) is 13.8 Å². The Bertz CT molecular complexity index is 442. The van der Waals surface area contributed by atoms with Crippen molar-refractivity contribution in [2.75, 3.05) is 12.8 Å². The largest absolute Gasteiger partial charge is 0.481 e. The van der Waals surface area contributed by atoms with Crippen molar-refractivity contribution in [3.05, 3.63) is 23.7 Å². The predicted octanol–water partition coefficient (Wildman–Crippen LogP) is 2.23. The summed E-state index contributed by atoms with van der Waals surface area (Å²) in [6, 6.07) is 3.36. The number of amides is 1. The first-order valence-electron chi connectivity index (χ1n) is 6.04. The molecule has 1 aromatic heterocycles. The second kappa shape index (κ2) is 7.23. The van der Waals surface area contributed by atoms with Gasteiger partial charge in [-0.25, -0.2) is 0 Å². The average Bonchev–Trinajstić information content (AvgIpc) is 2.77. The molecule has 106 valence electrons. The minimum Gasteiger partial charge on any atom is -0.481 e. The number of rotatable bonds is 7. The molecular formula is C13H19NO4S. The van der Waals surface area contributed by atoms with Crippen LogP contribution in [0, 0.1) is 11.8 Å². The number of hydrogen-bond donors (Lipinski definition) is 2. The number of hydrogen-bond acceptors (Lipinski definition) is 4. The van der Waals surface area contributed by atoms with E-state index in [0.29, 0.717) is 5.75 Å². The summed E-state index contributed by atoms with van der Waals surface area (Å²) in [4.78, 5) is 22.8. The fraction of sp³-hybridized carbons (Fsp3) is 0.538. The van der Waals surface area contributed by atoms with Gasteiger partial charge in [-0.3, -0.25) is 9.59 Å². The second-order valence-electron chi connectivity index (χ2n) is 4.60. The van der Waals surface area contributed by atoms with Gasteiger partial charge in [-0.05, 0) is 24.3 Å². The molecule has 5 nitrogen and oxygen atoms in total. The average molecular weight is 285 g/mol. The van der Waals surface area contributed by atoms with Gasteiger partial charge in [0.05, 0.1) is 11.7 Å². The third-order valence-corrected chi connectivity index (χ3v) is 3.35. The third-order valence-electron chi connectivity index (χ3n) is 2.78. The van der Waals surface area contributed by atoms with E-state index in [0.717, 1.165) is 5.76 Å². The molecule has 0 saturated carbocycles. The standard InChI is InChI=1S/C13H19NO4S/c1-8(2)10(13(16)17)6-14-12(15)11-5-4-9(18-11)7-19-3/h4-5,8,10H,6-7H2,1-3H3,(H,14,15)(H,16,17). The van der Waals surface area contributed by atoms with Crippen LogP contribution in [0.2, 0.25) is 0 Å². The molecule has 1 atom stereocenters. The maximum Gasteiger partial charge on any atom is 0.308 e. The molecule has 0 aliphatic heterocycles. The first kappa shape index (κ1) is 15.6. The van der Waals surface area contributed by atoms with Crippen molar-refractivity contribution in [3.63, 3.8) is 0 Å². The van der Waals surface area contributed by atoms with E-state index in [2.05, 4.69) is 5.32 Å². The van der Waals surface area contributed by atoms with Crippen molar-refractivity contribution < 1.29 is 19.1 Å². The molecule has 19 heavy (non-hydrogen) atoms. The number of carboxylic acids is 1. The normalized spacial score (nSPS) is 12.4. The number of carbonyl (C=O) groups excluding carboxylic acids is 1. The highest BCUT2D eigenvalue weighted by Crippen LogP contribution is 2.14. The van der Waals surface area contributed by atoms with Crippen LogP contribution in [0.25, 0.3) is 0 Å². The minimum absolute atomic E-state index is 0.0403. The van der Waals surface area contributed by atoms with E-state index in [9.17, 15) is 9.59 Å². The molecule has 2 N–H and O–H groups in total. The van der Waals surface area contributed by atoms with Gasteiger partial charge in [-0.15, -0.1) is 0 Å². The maximum absolute atomic E-state index is 11.8. The second-order valence-corrected chi connectivity index (χ2v) is 5.46. The number of carboxylic acid groups (broad SMARTS) is 1. The molecule has 1 aromatic rings. The van der Waals surface area contributed by atoms with Gasteiger partial charge in [-0.2, -0.15) is 11.8 Å². The lowest BCUT2D eigenvalue weighted by Gasteiger charge is -2.16. The number of furan rings is 1. The molecule has 6 heteroatoms. The highest BCUT2D eigenvalue weighted by atomic mass is 32.2. The first-order chi connectivity index (χ1) is 8.95. The Kier molecular flexibility index (Phi) is 5.95. The van der Waals surface area contributed by atoms with Crippen LogP contribution in [0.1, 0.15) is 30.2 Å². The molecule has 0 aromatic carbocycles. The van der Waals surface area contributed by atoms with Gasteiger partial charge in [0.15, 0.2) is 5.76 Å². The maximum atomic E-state index is 11.8. The lowest BCUT2D eigenvalue weighted by molar-refractivity contribution is -0.142. The quantitative estimate of drug-likeness (QED) is 0.803. The van der Waals surface area contributed by atoms with E-state index >= 15 is 0 Å². The molecule has 0 saturated heterocycles. The minimum atomic E-state index is -0.905. The summed E-state index contributed by atoms with van der Waals surface area (Å²) in [5.74, 6) is -0.256. The van der Waals surface area contributed by atoms with Gasteiger partial charge in [0, 0.05) is 6.54 Å². The summed E-state index contributed by atoms with van der Waals surface area (Å²) in [5.41, 5.74) is 0. The molecule has 0 aliphatic carbocycles. The Morgan fingerprint density at radius 2 is 2.11 bits per heavy atom. The Hall–Kier alpha value is -1.43. The molecule has 0 fully saturated rings. The summed E-state index contributed by atoms with van der Waals surface area (Å²) in [6.45, 7) is 3.73. The van der Waals surface area contributed by atoms with Crippen molar-refractivity contribution >= 4 is 23.6 Å². The van der Waals surface area contributed by atoms with Crippen LogP contribution in [-0.2, 0) is 10.5 Å². The van der Waals surface area contributed by atoms with Crippen LogP contribution in [0.3, 0.4) is 0 Å². The van der Waals surface area contributed by atoms with Crippen LogP contribution in [0.4, 0.5) is 0 Å². The van der Waals surface area contributed by atoms with Crippen LogP contribution in [0.15, 0.2) is 16.5 Å². The fourth-order valence-corrected chi connectivity index (χ4v) is 2.06. The monoisotopic (exact) mass is 285 g/mol. The van der Waals surface area contributed by atoms with Crippen LogP contribution in [-0.4, -0.2) is 29.8 Å². The van der Waals surface area contributed by atoms with E-state index in [-0.39, 0.29) is 24.1 Å². The molecule has 0 spiro atoms. The molecule has 1 unspecified atom stereocenters. The van der Waals surface area contributed by atoms with Crippen LogP contribution < -0.4 is 5.32 Å². The van der Waals surface area contributed by atoms with E-state index in [4.69, 9.17) is 9.52 Å². The van der Waals surface area contributed by atoms with Crippen LogP contribution in [0.5, 0.6) is 0 Å². The molecule has 1 rings (SSSR count). The van der Waals surface area contributed by atoms with Gasteiger partial charge < -0.3 is 14.8 Å². The molecule has 1 heterocycles. The number of thioether (sulfide) groups is 1. The molecular weight excluding hydrogens is 266 g/mol. The van der Waals surface area contributed by atoms with E-state index in [1.807, 2.05) is 20.1 Å². The van der Waals surface area contributed by atoms with Crippen molar-refractivity contribution in [1.29, 1.82) is 0 Å². The van der Waals surface area contributed by atoms with Gasteiger partial charge in [0.1, 0.15) is 5.76 Å². The molecule has 0 aliphatic rings. The van der Waals surface area contributed by atoms with Gasteiger partial charge in [0.2, 0.25) is 0 Å². The number of carbonyl (C=O) groups is 2. The third kappa shape index (κ3) is 4.63. The Balaban J connectivity index is 2.56. The van der Waals surface area contributed by atoms with Crippen LogP contribution >= 0.6 is 11.8 Å². The summed E-state index contributed by atoms with van der Waals surface area (Å²) in [6.07, 6.45) is 1.95. The van der Waals surface area contributed by atoms with Crippen molar-refractivity contribution in [3.8, 4) is 0 Å². The lowest BCUT2D eigenvalue weighted by atomic mass is 9.96. The van der Waals surface area contributed by atoms with Crippen molar-refractivity contribution in [2.45, 2.75) is 19.6 Å². The Morgan fingerprint density at radius 3 is 2.63 bits per heavy atom. The predicted molar refractivity (Wildman–Crippen MR) is 74.2 cm³/mol. The van der Waals surface area contributed by atoms with Crippen molar-refractivity contribution in [2.24, 2.45) is 11.8 Å². The highest BCUT2D eigenvalue weighted by molar-refractivity contribution is 7.97. The molecule has 0 radical (unpaired) electrons.